The number of nitriles is 1. The molecule has 0 amide bonds. The van der Waals surface area contributed by atoms with Crippen molar-refractivity contribution >= 4 is 38.8 Å². The highest BCUT2D eigenvalue weighted by atomic mass is 35.5. The van der Waals surface area contributed by atoms with Crippen molar-refractivity contribution in [2.24, 2.45) is 0 Å². The summed E-state index contributed by atoms with van der Waals surface area (Å²) in [4.78, 5) is 13.2. The van der Waals surface area contributed by atoms with Crippen molar-refractivity contribution in [1.29, 1.82) is 5.26 Å². The Morgan fingerprint density at radius 2 is 1.86 bits per heavy atom. The summed E-state index contributed by atoms with van der Waals surface area (Å²) in [6, 6.07) is 18.6. The summed E-state index contributed by atoms with van der Waals surface area (Å²) < 4.78 is 1.05. The molecule has 0 aliphatic heterocycles. The molecule has 21 heavy (non-hydrogen) atoms. The van der Waals surface area contributed by atoms with E-state index in [9.17, 15) is 10.1 Å². The minimum Gasteiger partial charge on any atom is -0.291 e. The molecule has 2 aromatic carbocycles. The molecule has 0 bridgehead atoms. The highest BCUT2D eigenvalue weighted by Gasteiger charge is 2.23. The highest BCUT2D eigenvalue weighted by Crippen LogP contribution is 2.30. The van der Waals surface area contributed by atoms with Gasteiger partial charge in [0.1, 0.15) is 5.92 Å². The van der Waals surface area contributed by atoms with E-state index >= 15 is 0 Å². The van der Waals surface area contributed by atoms with Gasteiger partial charge >= 0.3 is 0 Å². The summed E-state index contributed by atoms with van der Waals surface area (Å²) in [6.45, 7) is 0. The number of ketones is 1. The molecular weight excluding hydrogens is 302 g/mol. The number of Topliss-reactive ketones (excluding diaryl/α,β-unsaturated/α-hetero) is 1. The van der Waals surface area contributed by atoms with E-state index in [1.807, 2.05) is 30.3 Å². The second kappa shape index (κ2) is 5.69. The van der Waals surface area contributed by atoms with Gasteiger partial charge in [0.2, 0.25) is 0 Å². The van der Waals surface area contributed by atoms with Gasteiger partial charge < -0.3 is 0 Å². The van der Waals surface area contributed by atoms with Gasteiger partial charge in [0.05, 0.1) is 10.9 Å². The average molecular weight is 312 g/mol. The van der Waals surface area contributed by atoms with Gasteiger partial charge in [-0.05, 0) is 35.2 Å². The maximum absolute atomic E-state index is 12.6. The first kappa shape index (κ1) is 13.8. The van der Waals surface area contributed by atoms with Crippen LogP contribution < -0.4 is 0 Å². The minimum atomic E-state index is -0.796. The molecule has 1 atom stereocenters. The van der Waals surface area contributed by atoms with Crippen molar-refractivity contribution in [3.63, 3.8) is 0 Å². The Balaban J connectivity index is 1.99. The molecule has 3 aromatic rings. The highest BCUT2D eigenvalue weighted by molar-refractivity contribution is 7.20. The topological polar surface area (TPSA) is 40.9 Å². The number of carbonyl (C=O) groups is 1. The number of nitrogens with zero attached hydrogens (tertiary/aromatic N) is 1. The van der Waals surface area contributed by atoms with Crippen LogP contribution in [-0.2, 0) is 0 Å². The quantitative estimate of drug-likeness (QED) is 0.635. The van der Waals surface area contributed by atoms with Crippen LogP contribution in [-0.4, -0.2) is 5.78 Å². The number of benzene rings is 2. The van der Waals surface area contributed by atoms with Crippen LogP contribution in [0.5, 0.6) is 0 Å². The summed E-state index contributed by atoms with van der Waals surface area (Å²) in [5.74, 6) is -0.962. The molecule has 1 aromatic heterocycles. The van der Waals surface area contributed by atoms with Crippen molar-refractivity contribution in [2.75, 3.05) is 0 Å². The van der Waals surface area contributed by atoms with E-state index in [1.165, 1.54) is 11.3 Å². The van der Waals surface area contributed by atoms with E-state index < -0.39 is 5.92 Å². The Bertz CT molecular complexity index is 812. The first-order chi connectivity index (χ1) is 10.2. The zero-order valence-corrected chi connectivity index (χ0v) is 12.5. The molecule has 0 fully saturated rings. The SMILES string of the molecule is N#CC(C(=O)c1cc2ccccc2s1)c1ccc(Cl)cc1. The number of carbonyl (C=O) groups excluding carboxylic acids is 1. The molecule has 2 nitrogen and oxygen atoms in total. The molecule has 0 saturated heterocycles. The second-order valence-corrected chi connectivity index (χ2v) is 6.15. The summed E-state index contributed by atoms with van der Waals surface area (Å²) in [5, 5.41) is 11.0. The Morgan fingerprint density at radius 3 is 2.52 bits per heavy atom. The average Bonchev–Trinajstić information content (AvgIpc) is 2.93. The molecule has 1 heterocycles. The zero-order chi connectivity index (χ0) is 14.8. The Hall–Kier alpha value is -2.15. The fourth-order valence-electron chi connectivity index (χ4n) is 2.19. The lowest BCUT2D eigenvalue weighted by atomic mass is 9.95. The van der Waals surface area contributed by atoms with Crippen LogP contribution in [0.2, 0.25) is 5.02 Å². The zero-order valence-electron chi connectivity index (χ0n) is 10.9. The largest absolute Gasteiger partial charge is 0.291 e. The van der Waals surface area contributed by atoms with Crippen molar-refractivity contribution in [1.82, 2.24) is 0 Å². The van der Waals surface area contributed by atoms with Gasteiger partial charge in [-0.2, -0.15) is 5.26 Å². The van der Waals surface area contributed by atoms with Gasteiger partial charge in [-0.1, -0.05) is 41.9 Å². The van der Waals surface area contributed by atoms with E-state index in [2.05, 4.69) is 6.07 Å². The summed E-state index contributed by atoms with van der Waals surface area (Å²) in [6.07, 6.45) is 0. The fraction of sp³-hybridized carbons (Fsp3) is 0.0588. The Labute approximate surface area is 131 Å². The summed E-state index contributed by atoms with van der Waals surface area (Å²) in [7, 11) is 0. The fourth-order valence-corrected chi connectivity index (χ4v) is 3.34. The van der Waals surface area contributed by atoms with E-state index in [0.29, 0.717) is 15.5 Å². The molecular formula is C17H10ClNOS. The van der Waals surface area contributed by atoms with Crippen molar-refractivity contribution < 1.29 is 4.79 Å². The van der Waals surface area contributed by atoms with Gasteiger partial charge in [-0.3, -0.25) is 4.79 Å². The summed E-state index contributed by atoms with van der Waals surface area (Å²) >= 11 is 7.26. The maximum Gasteiger partial charge on any atom is 0.194 e. The number of rotatable bonds is 3. The third kappa shape index (κ3) is 2.69. The lowest BCUT2D eigenvalue weighted by Gasteiger charge is -2.06. The number of hydrogen-bond acceptors (Lipinski definition) is 3. The second-order valence-electron chi connectivity index (χ2n) is 4.63. The third-order valence-electron chi connectivity index (χ3n) is 3.26. The molecule has 0 aliphatic rings. The van der Waals surface area contributed by atoms with Crippen molar-refractivity contribution in [2.45, 2.75) is 5.92 Å². The number of hydrogen-bond donors (Lipinski definition) is 0. The van der Waals surface area contributed by atoms with Crippen LogP contribution >= 0.6 is 22.9 Å². The van der Waals surface area contributed by atoms with E-state index in [4.69, 9.17) is 11.6 Å². The molecule has 102 valence electrons. The number of thiophene rings is 1. The molecule has 3 rings (SSSR count). The monoisotopic (exact) mass is 311 g/mol. The molecule has 0 N–H and O–H groups in total. The predicted octanol–water partition coefficient (Wildman–Crippen LogP) is 5.04. The molecule has 0 radical (unpaired) electrons. The first-order valence-electron chi connectivity index (χ1n) is 6.37. The van der Waals surface area contributed by atoms with Crippen LogP contribution in [0.25, 0.3) is 10.1 Å². The lowest BCUT2D eigenvalue weighted by Crippen LogP contribution is -2.09. The molecule has 0 aliphatic carbocycles. The molecule has 1 unspecified atom stereocenters. The Morgan fingerprint density at radius 1 is 1.14 bits per heavy atom. The maximum atomic E-state index is 12.6. The van der Waals surface area contributed by atoms with Gasteiger partial charge in [0, 0.05) is 9.72 Å². The van der Waals surface area contributed by atoms with E-state index in [1.54, 1.807) is 24.3 Å². The molecule has 4 heteroatoms. The Kier molecular flexibility index (Phi) is 3.74. The van der Waals surface area contributed by atoms with Gasteiger partial charge in [-0.25, -0.2) is 0 Å². The minimum absolute atomic E-state index is 0.166. The van der Waals surface area contributed by atoms with E-state index in [-0.39, 0.29) is 5.78 Å². The summed E-state index contributed by atoms with van der Waals surface area (Å²) in [5.41, 5.74) is 0.671. The third-order valence-corrected chi connectivity index (χ3v) is 4.65. The van der Waals surface area contributed by atoms with Crippen LogP contribution in [0.1, 0.15) is 21.2 Å². The molecule has 0 saturated carbocycles. The van der Waals surface area contributed by atoms with Gasteiger partial charge in [-0.15, -0.1) is 11.3 Å². The van der Waals surface area contributed by atoms with Crippen LogP contribution in [0.3, 0.4) is 0 Å². The van der Waals surface area contributed by atoms with Crippen molar-refractivity contribution in [3.05, 3.63) is 70.1 Å². The number of halogens is 1. The predicted molar refractivity (Wildman–Crippen MR) is 86.0 cm³/mol. The van der Waals surface area contributed by atoms with Crippen LogP contribution in [0.15, 0.2) is 54.6 Å². The van der Waals surface area contributed by atoms with Crippen LogP contribution in [0.4, 0.5) is 0 Å². The molecule has 0 spiro atoms. The van der Waals surface area contributed by atoms with Gasteiger partial charge in [0.15, 0.2) is 5.78 Å². The normalized spacial score (nSPS) is 12.0. The number of fused-ring (bicyclic) bond motifs is 1. The first-order valence-corrected chi connectivity index (χ1v) is 7.56. The van der Waals surface area contributed by atoms with E-state index in [0.717, 1.165) is 10.1 Å². The lowest BCUT2D eigenvalue weighted by molar-refractivity contribution is 0.0983. The van der Waals surface area contributed by atoms with Crippen LogP contribution in [0, 0.1) is 11.3 Å². The van der Waals surface area contributed by atoms with Crippen molar-refractivity contribution in [3.8, 4) is 6.07 Å². The smallest absolute Gasteiger partial charge is 0.194 e. The van der Waals surface area contributed by atoms with Gasteiger partial charge in [0.25, 0.3) is 0 Å². The standard InChI is InChI=1S/C17H10ClNOS/c18-13-7-5-11(6-8-13)14(10-19)17(20)16-9-12-3-1-2-4-15(12)21-16/h1-9,14H.